The van der Waals surface area contributed by atoms with Crippen LogP contribution in [-0.2, 0) is 24.5 Å². The van der Waals surface area contributed by atoms with Crippen LogP contribution < -0.4 is 10.5 Å². The van der Waals surface area contributed by atoms with Gasteiger partial charge in [-0.05, 0) is 51.8 Å². The Morgan fingerprint density at radius 1 is 1.26 bits per heavy atom. The van der Waals surface area contributed by atoms with E-state index in [4.69, 9.17) is 26.4 Å². The van der Waals surface area contributed by atoms with Gasteiger partial charge >= 0.3 is 18.0 Å². The lowest BCUT2D eigenvalue weighted by molar-refractivity contribution is -0.157. The summed E-state index contributed by atoms with van der Waals surface area (Å²) in [4.78, 5) is 37.2. The Balaban J connectivity index is 1.51. The molecule has 0 saturated carbocycles. The number of rotatable bonds is 7. The number of aromatic nitrogens is 4. The highest BCUT2D eigenvalue weighted by molar-refractivity contribution is 5.81. The summed E-state index contributed by atoms with van der Waals surface area (Å²) in [6.45, 7) is 12.4. The molecule has 0 aliphatic carbocycles. The molecule has 3 N–H and O–H groups in total. The van der Waals surface area contributed by atoms with Gasteiger partial charge in [-0.25, -0.2) is 4.98 Å². The number of imidazole rings is 1. The first-order chi connectivity index (χ1) is 19.5. The summed E-state index contributed by atoms with van der Waals surface area (Å²) in [5.74, 6) is 1.67. The number of hydrogen-bond acceptors (Lipinski definition) is 10. The monoisotopic (exact) mass is 581 g/mol. The van der Waals surface area contributed by atoms with Crippen LogP contribution in [0, 0.1) is 37.7 Å². The number of halogens is 1. The Kier molecular flexibility index (Phi) is 8.06. The highest BCUT2D eigenvalue weighted by Gasteiger charge is 2.49. The molecule has 224 valence electrons. The predicted octanol–water partition coefficient (Wildman–Crippen LogP) is 3.68. The van der Waals surface area contributed by atoms with Gasteiger partial charge in [0.1, 0.15) is 24.7 Å². The minimum absolute atomic E-state index is 0.00467. The Morgan fingerprint density at radius 3 is 2.60 bits per heavy atom. The summed E-state index contributed by atoms with van der Waals surface area (Å²) in [6, 6.07) is 3.73. The number of hydrogen-bond donors (Lipinski definition) is 2. The molecule has 1 fully saturated rings. The Hall–Kier alpha value is -4.08. The smallest absolute Gasteiger partial charge is 0.316 e. The number of nitrogens with two attached hydrogens (primary N) is 1. The van der Waals surface area contributed by atoms with E-state index in [2.05, 4.69) is 20.9 Å². The van der Waals surface area contributed by atoms with Crippen molar-refractivity contribution in [3.8, 4) is 18.1 Å². The second kappa shape index (κ2) is 11.0. The van der Waals surface area contributed by atoms with Crippen LogP contribution in [0.2, 0.25) is 0 Å². The van der Waals surface area contributed by atoms with Gasteiger partial charge in [-0.15, -0.1) is 6.42 Å². The van der Waals surface area contributed by atoms with Gasteiger partial charge in [-0.2, -0.15) is 14.4 Å². The fraction of sp³-hybridized carbons (Fsp3) is 0.500. The number of fused-ring (bicyclic) bond motifs is 1. The molecule has 3 heterocycles. The minimum atomic E-state index is -1.68. The van der Waals surface area contributed by atoms with Crippen LogP contribution in [0.3, 0.4) is 0 Å². The van der Waals surface area contributed by atoms with Crippen molar-refractivity contribution in [3.63, 3.8) is 0 Å². The second-order valence-electron chi connectivity index (χ2n) is 12.4. The van der Waals surface area contributed by atoms with E-state index in [9.17, 15) is 19.1 Å². The quantitative estimate of drug-likeness (QED) is 0.183. The van der Waals surface area contributed by atoms with E-state index in [1.165, 1.54) is 10.9 Å². The van der Waals surface area contributed by atoms with E-state index in [1.807, 2.05) is 33.8 Å². The van der Waals surface area contributed by atoms with Crippen molar-refractivity contribution in [2.24, 2.45) is 5.41 Å². The number of aryl methyl sites for hydroxylation is 2. The molecule has 0 bridgehead atoms. The van der Waals surface area contributed by atoms with Crippen LogP contribution >= 0.6 is 0 Å². The van der Waals surface area contributed by atoms with Gasteiger partial charge in [-0.3, -0.25) is 14.2 Å². The average molecular weight is 582 g/mol. The van der Waals surface area contributed by atoms with Gasteiger partial charge in [0.2, 0.25) is 0 Å². The minimum Gasteiger partial charge on any atom is -0.461 e. The van der Waals surface area contributed by atoms with Crippen LogP contribution in [-0.4, -0.2) is 54.9 Å². The van der Waals surface area contributed by atoms with Crippen LogP contribution in [0.1, 0.15) is 70.4 Å². The van der Waals surface area contributed by atoms with Crippen molar-refractivity contribution < 1.29 is 33.3 Å². The highest BCUT2D eigenvalue weighted by Crippen LogP contribution is 2.41. The Morgan fingerprint density at radius 2 is 1.95 bits per heavy atom. The number of nitrogens with zero attached hydrogens (tertiary/aromatic N) is 4. The molecule has 1 aliphatic rings. The van der Waals surface area contributed by atoms with E-state index in [1.54, 1.807) is 26.8 Å². The van der Waals surface area contributed by atoms with Gasteiger partial charge < -0.3 is 25.1 Å². The molecule has 2 aromatic heterocycles. The number of aliphatic hydroxyl groups is 1. The molecule has 1 aromatic carbocycles. The first kappa shape index (κ1) is 30.9. The molecule has 0 amide bonds. The van der Waals surface area contributed by atoms with E-state index in [0.29, 0.717) is 11.3 Å². The first-order valence-corrected chi connectivity index (χ1v) is 13.5. The SMILES string of the molecule is C#C[C@]1(COC(=O)CC(C)(C)c2c(C)cc(C)cc2OC(=O)C(C)(C)C)O[C@@H](n2cnc3c(N)nc(F)nc32)C[C@@H]1O. The molecule has 4 rings (SSSR count). The van der Waals surface area contributed by atoms with Crippen molar-refractivity contribution >= 4 is 28.9 Å². The van der Waals surface area contributed by atoms with E-state index in [0.717, 1.165) is 11.1 Å². The van der Waals surface area contributed by atoms with Gasteiger partial charge in [-0.1, -0.05) is 25.8 Å². The van der Waals surface area contributed by atoms with E-state index < -0.39 is 53.4 Å². The lowest BCUT2D eigenvalue weighted by Gasteiger charge is -2.30. The number of benzene rings is 1. The standard InChI is InChI=1S/C30H36FN5O6/c1-9-30(19(37)12-20(42-30)36-15-33-23-24(32)34-27(31)35-25(23)36)14-40-21(38)13-29(7,8)22-17(3)10-16(2)11-18(22)41-26(39)28(4,5)6/h1,10-11,15,19-20,37H,12-14H2,2-8H3,(H2,32,34,35)/t19-,20+,30+/m0/s1. The Bertz CT molecular complexity index is 1590. The maximum Gasteiger partial charge on any atom is 0.316 e. The molecule has 3 atom stereocenters. The lowest BCUT2D eigenvalue weighted by atomic mass is 9.78. The second-order valence-corrected chi connectivity index (χ2v) is 12.4. The first-order valence-electron chi connectivity index (χ1n) is 13.5. The van der Waals surface area contributed by atoms with Crippen LogP contribution in [0.15, 0.2) is 18.5 Å². The van der Waals surface area contributed by atoms with Crippen LogP contribution in [0.25, 0.3) is 11.2 Å². The molecule has 1 aliphatic heterocycles. The van der Waals surface area contributed by atoms with Gasteiger partial charge in [0.25, 0.3) is 0 Å². The number of carbonyl (C=O) groups excluding carboxylic acids is 2. The zero-order chi connectivity index (χ0) is 31.2. The molecule has 42 heavy (non-hydrogen) atoms. The molecule has 0 radical (unpaired) electrons. The van der Waals surface area contributed by atoms with Gasteiger partial charge in [0, 0.05) is 17.4 Å². The number of terminal acetylenes is 1. The fourth-order valence-electron chi connectivity index (χ4n) is 5.16. The molecule has 3 aromatic rings. The summed E-state index contributed by atoms with van der Waals surface area (Å²) >= 11 is 0. The third kappa shape index (κ3) is 5.93. The van der Waals surface area contributed by atoms with Crippen molar-refractivity contribution in [2.75, 3.05) is 12.3 Å². The zero-order valence-electron chi connectivity index (χ0n) is 24.8. The number of anilines is 1. The molecular weight excluding hydrogens is 545 g/mol. The lowest BCUT2D eigenvalue weighted by Crippen LogP contribution is -2.43. The maximum atomic E-state index is 13.8. The summed E-state index contributed by atoms with van der Waals surface area (Å²) < 4.78 is 32.6. The van der Waals surface area contributed by atoms with E-state index in [-0.39, 0.29) is 29.8 Å². The molecule has 0 unspecified atom stereocenters. The third-order valence-corrected chi connectivity index (χ3v) is 7.25. The summed E-state index contributed by atoms with van der Waals surface area (Å²) in [5.41, 5.74) is 5.25. The number of nitrogen functional groups attached to an aromatic ring is 1. The molecule has 0 spiro atoms. The molecule has 1 saturated heterocycles. The van der Waals surface area contributed by atoms with E-state index >= 15 is 0 Å². The van der Waals surface area contributed by atoms with Gasteiger partial charge in [0.15, 0.2) is 22.6 Å². The van der Waals surface area contributed by atoms with Crippen molar-refractivity contribution in [1.29, 1.82) is 0 Å². The van der Waals surface area contributed by atoms with Crippen molar-refractivity contribution in [2.45, 2.75) is 84.7 Å². The summed E-state index contributed by atoms with van der Waals surface area (Å²) in [7, 11) is 0. The van der Waals surface area contributed by atoms with Crippen LogP contribution in [0.5, 0.6) is 5.75 Å². The Labute approximate surface area is 243 Å². The highest BCUT2D eigenvalue weighted by atomic mass is 19.1. The van der Waals surface area contributed by atoms with Crippen molar-refractivity contribution in [1.82, 2.24) is 19.5 Å². The average Bonchev–Trinajstić information content (AvgIpc) is 3.42. The molecule has 12 heteroatoms. The number of ether oxygens (including phenoxy) is 3. The van der Waals surface area contributed by atoms with Gasteiger partial charge in [0.05, 0.1) is 18.2 Å². The number of carbonyl (C=O) groups is 2. The zero-order valence-corrected chi connectivity index (χ0v) is 24.8. The number of aliphatic hydroxyl groups excluding tert-OH is 1. The third-order valence-electron chi connectivity index (χ3n) is 7.25. The molecule has 11 nitrogen and oxygen atoms in total. The topological polar surface area (TPSA) is 152 Å². The maximum absolute atomic E-state index is 13.8. The normalized spacial score (nSPS) is 20.9. The molecular formula is C30H36FN5O6. The predicted molar refractivity (Wildman–Crippen MR) is 152 cm³/mol. The summed E-state index contributed by atoms with van der Waals surface area (Å²) in [5, 5.41) is 10.9. The van der Waals surface area contributed by atoms with Crippen LogP contribution in [0.4, 0.5) is 10.2 Å². The summed E-state index contributed by atoms with van der Waals surface area (Å²) in [6.07, 6.45) is 3.86. The van der Waals surface area contributed by atoms with Crippen molar-refractivity contribution in [3.05, 3.63) is 41.2 Å². The fourth-order valence-corrected chi connectivity index (χ4v) is 5.16. The largest absolute Gasteiger partial charge is 0.461 e. The number of esters is 2.